The summed E-state index contributed by atoms with van der Waals surface area (Å²) in [6.07, 6.45) is 1.29. The molecule has 2 aromatic carbocycles. The van der Waals surface area contributed by atoms with Gasteiger partial charge in [0.1, 0.15) is 28.8 Å². The van der Waals surface area contributed by atoms with Crippen molar-refractivity contribution in [1.29, 1.82) is 0 Å². The zero-order valence-electron chi connectivity index (χ0n) is 24.2. The number of benzene rings is 2. The number of amides is 2. The van der Waals surface area contributed by atoms with E-state index in [-0.39, 0.29) is 29.2 Å². The molecule has 8 nitrogen and oxygen atoms in total. The third kappa shape index (κ3) is 4.29. The molecule has 3 aromatic heterocycles. The summed E-state index contributed by atoms with van der Waals surface area (Å²) >= 11 is 1.40. The minimum atomic E-state index is -0.793. The van der Waals surface area contributed by atoms with Crippen molar-refractivity contribution < 1.29 is 23.1 Å². The second kappa shape index (κ2) is 10.4. The molecular formula is C33H27F2N5O3S. The van der Waals surface area contributed by atoms with E-state index >= 15 is 4.39 Å². The molecule has 222 valence electrons. The van der Waals surface area contributed by atoms with Crippen molar-refractivity contribution in [3.63, 3.8) is 0 Å². The van der Waals surface area contributed by atoms with Crippen LogP contribution in [0.25, 0.3) is 43.9 Å². The van der Waals surface area contributed by atoms with Gasteiger partial charge in [0.2, 0.25) is 5.91 Å². The Kier molecular flexibility index (Phi) is 6.58. The Hall–Kier alpha value is -4.90. The molecule has 0 N–H and O–H groups in total. The van der Waals surface area contributed by atoms with Crippen molar-refractivity contribution in [1.82, 2.24) is 24.6 Å². The van der Waals surface area contributed by atoms with Gasteiger partial charge in [-0.15, -0.1) is 11.3 Å². The van der Waals surface area contributed by atoms with Crippen molar-refractivity contribution in [3.8, 4) is 39.5 Å². The molecule has 0 spiro atoms. The monoisotopic (exact) mass is 611 g/mol. The minimum absolute atomic E-state index is 0.0271. The van der Waals surface area contributed by atoms with E-state index in [1.165, 1.54) is 24.5 Å². The van der Waals surface area contributed by atoms with Crippen molar-refractivity contribution in [2.24, 2.45) is 0 Å². The third-order valence-electron chi connectivity index (χ3n) is 8.26. The Balaban J connectivity index is 1.51. The minimum Gasteiger partial charge on any atom is -0.496 e. The second-order valence-electron chi connectivity index (χ2n) is 11.1. The molecular weight excluding hydrogens is 584 g/mol. The fourth-order valence-corrected chi connectivity index (χ4v) is 7.16. The van der Waals surface area contributed by atoms with Gasteiger partial charge in [0.25, 0.3) is 5.91 Å². The van der Waals surface area contributed by atoms with E-state index in [1.54, 1.807) is 16.8 Å². The zero-order chi connectivity index (χ0) is 30.9. The van der Waals surface area contributed by atoms with Gasteiger partial charge >= 0.3 is 0 Å². The topological polar surface area (TPSA) is 80.6 Å². The van der Waals surface area contributed by atoms with Crippen LogP contribution in [0.5, 0.6) is 5.75 Å². The average Bonchev–Trinajstić information content (AvgIpc) is 3.74. The van der Waals surface area contributed by atoms with Crippen LogP contribution in [0, 0.1) is 11.6 Å². The van der Waals surface area contributed by atoms with Crippen LogP contribution >= 0.6 is 11.3 Å². The molecule has 7 rings (SSSR count). The van der Waals surface area contributed by atoms with Crippen LogP contribution in [-0.4, -0.2) is 57.1 Å². The summed E-state index contributed by atoms with van der Waals surface area (Å²) in [6, 6.07) is 11.3. The molecule has 0 aliphatic carbocycles. The van der Waals surface area contributed by atoms with E-state index in [1.807, 2.05) is 47.3 Å². The molecule has 2 amide bonds. The van der Waals surface area contributed by atoms with Crippen LogP contribution in [0.1, 0.15) is 34.6 Å². The molecule has 0 saturated heterocycles. The number of rotatable bonds is 5. The lowest BCUT2D eigenvalue weighted by atomic mass is 9.95. The summed E-state index contributed by atoms with van der Waals surface area (Å²) in [5.74, 6) is -1.77. The summed E-state index contributed by atoms with van der Waals surface area (Å²) in [7, 11) is 3.13. The third-order valence-corrected chi connectivity index (χ3v) is 9.19. The predicted molar refractivity (Wildman–Crippen MR) is 164 cm³/mol. The Morgan fingerprint density at radius 3 is 2.70 bits per heavy atom. The van der Waals surface area contributed by atoms with E-state index < -0.39 is 11.6 Å². The number of carbonyl (C=O) groups excluding carboxylic acids is 2. The quantitative estimate of drug-likeness (QED) is 0.213. The van der Waals surface area contributed by atoms with E-state index in [0.717, 1.165) is 34.3 Å². The lowest BCUT2D eigenvalue weighted by Gasteiger charge is -2.31. The largest absolute Gasteiger partial charge is 0.496 e. The summed E-state index contributed by atoms with van der Waals surface area (Å²) in [4.78, 5) is 33.8. The Morgan fingerprint density at radius 2 is 1.93 bits per heavy atom. The molecule has 5 aromatic rings. The van der Waals surface area contributed by atoms with Crippen molar-refractivity contribution >= 4 is 33.2 Å². The fraction of sp³-hybridized carbons (Fsp3) is 0.212. The number of pyridine rings is 1. The summed E-state index contributed by atoms with van der Waals surface area (Å²) in [5.41, 5.74) is 5.01. The van der Waals surface area contributed by atoms with Gasteiger partial charge in [-0.05, 0) is 42.1 Å². The molecule has 2 aliphatic heterocycles. The number of nitrogens with zero attached hydrogens (tertiary/aromatic N) is 5. The number of hydrogen-bond acceptors (Lipinski definition) is 6. The van der Waals surface area contributed by atoms with Crippen LogP contribution in [-0.2, 0) is 17.9 Å². The molecule has 0 bridgehead atoms. The van der Waals surface area contributed by atoms with Gasteiger partial charge in [0.15, 0.2) is 0 Å². The highest BCUT2D eigenvalue weighted by Crippen LogP contribution is 2.47. The molecule has 1 unspecified atom stereocenters. The van der Waals surface area contributed by atoms with Gasteiger partial charge in [0.05, 0.1) is 36.6 Å². The maximum absolute atomic E-state index is 15.8. The Bertz CT molecular complexity index is 2030. The molecule has 11 heteroatoms. The van der Waals surface area contributed by atoms with Crippen molar-refractivity contribution in [2.45, 2.75) is 26.1 Å². The predicted octanol–water partition coefficient (Wildman–Crippen LogP) is 6.46. The SMILES string of the molecule is C=CC(=O)N1Cc2cc(-c3nc(-c4ccc5c(c4)C(=O)N(C)C5)c4ccsc4c3-c3c(F)cc(F)cc3OC)nn2C(C)C1. The molecule has 0 fully saturated rings. The maximum atomic E-state index is 15.8. The number of aromatic nitrogens is 3. The van der Waals surface area contributed by atoms with Gasteiger partial charge in [-0.1, -0.05) is 18.7 Å². The summed E-state index contributed by atoms with van der Waals surface area (Å²) < 4.78 is 38.2. The standard InChI is InChI=1S/C33H27F2N5O3S/c1-5-27(41)39-14-17(2)40-21(16-39)13-25(37-40)31-29(28-24(35)11-20(34)12-26(28)43-4)32-22(8-9-44-32)30(36-31)18-6-7-19-15-38(3)33(42)23(19)10-18/h5-13,17H,1,14-16H2,2-4H3. The van der Waals surface area contributed by atoms with Crippen LogP contribution in [0.3, 0.4) is 0 Å². The normalized spacial score (nSPS) is 15.9. The van der Waals surface area contributed by atoms with Crippen LogP contribution in [0.4, 0.5) is 8.78 Å². The molecule has 0 saturated carbocycles. The first-order valence-corrected chi connectivity index (χ1v) is 14.9. The number of thiophene rings is 1. The number of carbonyl (C=O) groups is 2. The van der Waals surface area contributed by atoms with E-state index in [0.29, 0.717) is 52.5 Å². The van der Waals surface area contributed by atoms with Gasteiger partial charge in [-0.2, -0.15) is 5.10 Å². The lowest BCUT2D eigenvalue weighted by Crippen LogP contribution is -2.39. The lowest BCUT2D eigenvalue weighted by molar-refractivity contribution is -0.127. The fourth-order valence-electron chi connectivity index (χ4n) is 6.21. The van der Waals surface area contributed by atoms with E-state index in [4.69, 9.17) is 14.8 Å². The number of halogens is 2. The van der Waals surface area contributed by atoms with Gasteiger partial charge in [-0.3, -0.25) is 14.3 Å². The van der Waals surface area contributed by atoms with Crippen LogP contribution in [0.2, 0.25) is 0 Å². The molecule has 5 heterocycles. The first kappa shape index (κ1) is 27.9. The first-order valence-electron chi connectivity index (χ1n) is 14.0. The highest BCUT2D eigenvalue weighted by Gasteiger charge is 2.31. The number of hydrogen-bond donors (Lipinski definition) is 0. The highest BCUT2D eigenvalue weighted by atomic mass is 32.1. The number of ether oxygens (including phenoxy) is 1. The van der Waals surface area contributed by atoms with Gasteiger partial charge in [0, 0.05) is 59.0 Å². The van der Waals surface area contributed by atoms with E-state index in [9.17, 15) is 14.0 Å². The molecule has 1 atom stereocenters. The highest BCUT2D eigenvalue weighted by molar-refractivity contribution is 7.18. The van der Waals surface area contributed by atoms with Crippen molar-refractivity contribution in [2.75, 3.05) is 20.7 Å². The average molecular weight is 612 g/mol. The zero-order valence-corrected chi connectivity index (χ0v) is 25.0. The first-order chi connectivity index (χ1) is 21.2. The van der Waals surface area contributed by atoms with Gasteiger partial charge in [-0.25, -0.2) is 13.8 Å². The van der Waals surface area contributed by atoms with Crippen molar-refractivity contribution in [3.05, 3.63) is 89.0 Å². The summed E-state index contributed by atoms with van der Waals surface area (Å²) in [5, 5.41) is 7.55. The maximum Gasteiger partial charge on any atom is 0.254 e. The molecule has 44 heavy (non-hydrogen) atoms. The Morgan fingerprint density at radius 1 is 1.11 bits per heavy atom. The Labute approximate surface area is 255 Å². The smallest absolute Gasteiger partial charge is 0.254 e. The molecule has 0 radical (unpaired) electrons. The number of fused-ring (bicyclic) bond motifs is 3. The van der Waals surface area contributed by atoms with Crippen LogP contribution in [0.15, 0.2) is 60.5 Å². The summed E-state index contributed by atoms with van der Waals surface area (Å²) in [6.45, 7) is 6.89. The number of methoxy groups -OCH3 is 1. The second-order valence-corrected chi connectivity index (χ2v) is 12.0. The van der Waals surface area contributed by atoms with E-state index in [2.05, 4.69) is 6.58 Å². The van der Waals surface area contributed by atoms with Gasteiger partial charge < -0.3 is 14.5 Å². The molecule has 2 aliphatic rings. The van der Waals surface area contributed by atoms with Crippen LogP contribution < -0.4 is 4.74 Å².